The molecule has 102 valence electrons. The molecule has 0 saturated heterocycles. The van der Waals surface area contributed by atoms with Gasteiger partial charge in [-0.1, -0.05) is 11.3 Å². The highest BCUT2D eigenvalue weighted by molar-refractivity contribution is 7.91. The third kappa shape index (κ3) is 2.91. The molecule has 19 heavy (non-hydrogen) atoms. The predicted molar refractivity (Wildman–Crippen MR) is 72.6 cm³/mol. The van der Waals surface area contributed by atoms with Crippen LogP contribution in [0.5, 0.6) is 0 Å². The molecular weight excluding hydrogens is 286 g/mol. The van der Waals surface area contributed by atoms with Gasteiger partial charge in [-0.15, -0.1) is 0 Å². The Morgan fingerprint density at radius 1 is 1.37 bits per heavy atom. The molecule has 0 unspecified atom stereocenters. The Morgan fingerprint density at radius 3 is 2.53 bits per heavy atom. The van der Waals surface area contributed by atoms with Gasteiger partial charge in [-0.3, -0.25) is 9.78 Å². The van der Waals surface area contributed by atoms with Crippen LogP contribution in [0, 0.1) is 6.92 Å². The summed E-state index contributed by atoms with van der Waals surface area (Å²) >= 11 is 0.707. The Balaban J connectivity index is 2.30. The standard InChI is InChI=1S/C11H13N3O3S2/c1-8-10(18-11(15)13-8)19(16,17)14(2)7-9-3-5-12-6-4-9/h3-6H,7H2,1-2H3,(H,13,15). The number of sulfonamides is 1. The third-order valence-electron chi connectivity index (χ3n) is 2.58. The van der Waals surface area contributed by atoms with E-state index in [0.717, 1.165) is 5.56 Å². The number of hydrogen-bond donors (Lipinski definition) is 1. The molecule has 2 aromatic rings. The first-order chi connectivity index (χ1) is 8.91. The lowest BCUT2D eigenvalue weighted by molar-refractivity contribution is 0.468. The molecule has 2 heterocycles. The summed E-state index contributed by atoms with van der Waals surface area (Å²) in [4.78, 5) is 17.2. The molecule has 0 aromatic carbocycles. The summed E-state index contributed by atoms with van der Waals surface area (Å²) in [6.07, 6.45) is 3.21. The Bertz CT molecular complexity index is 719. The molecule has 2 rings (SSSR count). The van der Waals surface area contributed by atoms with E-state index in [-0.39, 0.29) is 15.6 Å². The molecule has 0 spiro atoms. The molecule has 0 amide bonds. The van der Waals surface area contributed by atoms with E-state index in [1.165, 1.54) is 11.4 Å². The lowest BCUT2D eigenvalue weighted by atomic mass is 10.3. The van der Waals surface area contributed by atoms with Crippen molar-refractivity contribution in [3.05, 3.63) is 45.5 Å². The first kappa shape index (κ1) is 13.9. The summed E-state index contributed by atoms with van der Waals surface area (Å²) in [5, 5.41) is 0. The SMILES string of the molecule is Cc1[nH]c(=O)sc1S(=O)(=O)N(C)Cc1ccncc1. The Labute approximate surface area is 114 Å². The van der Waals surface area contributed by atoms with E-state index in [0.29, 0.717) is 17.0 Å². The average Bonchev–Trinajstić information content (AvgIpc) is 2.70. The van der Waals surface area contributed by atoms with E-state index in [9.17, 15) is 13.2 Å². The van der Waals surface area contributed by atoms with Crippen molar-refractivity contribution in [2.24, 2.45) is 0 Å². The van der Waals surface area contributed by atoms with Crippen LogP contribution in [0.15, 0.2) is 33.5 Å². The molecule has 2 aromatic heterocycles. The van der Waals surface area contributed by atoms with Crippen LogP contribution in [0.1, 0.15) is 11.3 Å². The van der Waals surface area contributed by atoms with Gasteiger partial charge in [-0.25, -0.2) is 8.42 Å². The average molecular weight is 299 g/mol. The molecule has 0 fully saturated rings. The third-order valence-corrected chi connectivity index (χ3v) is 5.97. The summed E-state index contributed by atoms with van der Waals surface area (Å²) in [5.74, 6) is 0. The maximum atomic E-state index is 12.3. The molecular formula is C11H13N3O3S2. The minimum absolute atomic E-state index is 0.0639. The van der Waals surface area contributed by atoms with Crippen molar-refractivity contribution < 1.29 is 8.42 Å². The van der Waals surface area contributed by atoms with E-state index in [2.05, 4.69) is 9.97 Å². The maximum Gasteiger partial charge on any atom is 0.305 e. The highest BCUT2D eigenvalue weighted by atomic mass is 32.2. The van der Waals surface area contributed by atoms with Crippen LogP contribution in [0.4, 0.5) is 0 Å². The van der Waals surface area contributed by atoms with Gasteiger partial charge in [0.2, 0.25) is 0 Å². The van der Waals surface area contributed by atoms with Crippen molar-refractivity contribution >= 4 is 21.4 Å². The van der Waals surface area contributed by atoms with Gasteiger partial charge in [0.15, 0.2) is 4.21 Å². The molecule has 0 aliphatic carbocycles. The maximum absolute atomic E-state index is 12.3. The van der Waals surface area contributed by atoms with Crippen molar-refractivity contribution in [2.75, 3.05) is 7.05 Å². The second-order valence-corrected chi connectivity index (χ2v) is 7.27. The predicted octanol–water partition coefficient (Wildman–Crippen LogP) is 0.961. The number of aromatic nitrogens is 2. The van der Waals surface area contributed by atoms with Gasteiger partial charge in [0, 0.05) is 31.7 Å². The smallest absolute Gasteiger partial charge is 0.305 e. The summed E-state index contributed by atoms with van der Waals surface area (Å²) in [6, 6.07) is 3.50. The van der Waals surface area contributed by atoms with Gasteiger partial charge in [0.25, 0.3) is 10.0 Å². The summed E-state index contributed by atoms with van der Waals surface area (Å²) in [6.45, 7) is 1.81. The highest BCUT2D eigenvalue weighted by Crippen LogP contribution is 2.21. The van der Waals surface area contributed by atoms with E-state index in [1.807, 2.05) is 0 Å². The summed E-state index contributed by atoms with van der Waals surface area (Å²) in [5.41, 5.74) is 1.21. The minimum atomic E-state index is -3.65. The number of aryl methyl sites for hydroxylation is 1. The number of hydrogen-bond acceptors (Lipinski definition) is 5. The van der Waals surface area contributed by atoms with Crippen LogP contribution in [0.3, 0.4) is 0 Å². The zero-order valence-electron chi connectivity index (χ0n) is 10.5. The van der Waals surface area contributed by atoms with Crippen LogP contribution < -0.4 is 4.87 Å². The number of H-pyrrole nitrogens is 1. The molecule has 0 atom stereocenters. The number of rotatable bonds is 4. The van der Waals surface area contributed by atoms with Crippen molar-refractivity contribution in [3.8, 4) is 0 Å². The zero-order chi connectivity index (χ0) is 14.0. The van der Waals surface area contributed by atoms with Crippen LogP contribution in [0.25, 0.3) is 0 Å². The first-order valence-electron chi connectivity index (χ1n) is 5.46. The molecule has 0 bridgehead atoms. The van der Waals surface area contributed by atoms with E-state index < -0.39 is 10.0 Å². The minimum Gasteiger partial charge on any atom is -0.315 e. The zero-order valence-corrected chi connectivity index (χ0v) is 12.1. The lowest BCUT2D eigenvalue weighted by Gasteiger charge is -2.16. The fourth-order valence-corrected chi connectivity index (χ4v) is 4.26. The number of thiazole rings is 1. The van der Waals surface area contributed by atoms with Crippen molar-refractivity contribution in [1.82, 2.24) is 14.3 Å². The van der Waals surface area contributed by atoms with E-state index in [4.69, 9.17) is 0 Å². The Hall–Kier alpha value is -1.51. The van der Waals surface area contributed by atoms with Crippen LogP contribution in [-0.4, -0.2) is 29.7 Å². The van der Waals surface area contributed by atoms with E-state index in [1.54, 1.807) is 31.5 Å². The molecule has 0 aliphatic heterocycles. The fourth-order valence-electron chi connectivity index (χ4n) is 1.61. The van der Waals surface area contributed by atoms with Crippen LogP contribution >= 0.6 is 11.3 Å². The van der Waals surface area contributed by atoms with Gasteiger partial charge in [-0.05, 0) is 24.6 Å². The molecule has 6 nitrogen and oxygen atoms in total. The second kappa shape index (κ2) is 5.24. The number of nitrogens with zero attached hydrogens (tertiary/aromatic N) is 2. The van der Waals surface area contributed by atoms with E-state index >= 15 is 0 Å². The summed E-state index contributed by atoms with van der Waals surface area (Å²) < 4.78 is 25.9. The molecule has 1 N–H and O–H groups in total. The Kier molecular flexibility index (Phi) is 3.83. The normalized spacial score (nSPS) is 11.9. The van der Waals surface area contributed by atoms with Gasteiger partial charge >= 0.3 is 4.87 Å². The monoisotopic (exact) mass is 299 g/mol. The molecule has 0 saturated carbocycles. The van der Waals surface area contributed by atoms with Crippen molar-refractivity contribution in [2.45, 2.75) is 17.7 Å². The van der Waals surface area contributed by atoms with Crippen LogP contribution in [0.2, 0.25) is 0 Å². The Morgan fingerprint density at radius 2 is 2.00 bits per heavy atom. The van der Waals surface area contributed by atoms with Crippen LogP contribution in [-0.2, 0) is 16.6 Å². The van der Waals surface area contributed by atoms with Gasteiger partial charge in [-0.2, -0.15) is 4.31 Å². The largest absolute Gasteiger partial charge is 0.315 e. The van der Waals surface area contributed by atoms with Crippen molar-refractivity contribution in [1.29, 1.82) is 0 Å². The second-order valence-electron chi connectivity index (χ2n) is 4.04. The molecule has 8 heteroatoms. The topological polar surface area (TPSA) is 83.1 Å². The highest BCUT2D eigenvalue weighted by Gasteiger charge is 2.25. The van der Waals surface area contributed by atoms with Gasteiger partial charge in [0.05, 0.1) is 0 Å². The lowest BCUT2D eigenvalue weighted by Crippen LogP contribution is -2.26. The van der Waals surface area contributed by atoms with Crippen molar-refractivity contribution in [3.63, 3.8) is 0 Å². The van der Waals surface area contributed by atoms with Gasteiger partial charge in [0.1, 0.15) is 0 Å². The van der Waals surface area contributed by atoms with Gasteiger partial charge < -0.3 is 4.98 Å². The molecule has 0 aliphatic rings. The quantitative estimate of drug-likeness (QED) is 0.911. The number of aromatic amines is 1. The molecule has 0 radical (unpaired) electrons. The first-order valence-corrected chi connectivity index (χ1v) is 7.72. The number of pyridine rings is 1. The summed E-state index contributed by atoms with van der Waals surface area (Å²) in [7, 11) is -2.16. The fraction of sp³-hybridized carbons (Fsp3) is 0.273. The number of nitrogens with one attached hydrogen (secondary N) is 1.